The molecule has 1 fully saturated rings. The molecule has 1 rings (SSSR count). The maximum atomic E-state index is 12.3. The lowest BCUT2D eigenvalue weighted by Crippen LogP contribution is -2.55. The SMILES string of the molecule is CCCCN(CC)C(=O)N1CCSCC1C(=O)O. The van der Waals surface area contributed by atoms with Crippen molar-refractivity contribution in [1.29, 1.82) is 0 Å². The Morgan fingerprint density at radius 3 is 2.72 bits per heavy atom. The van der Waals surface area contributed by atoms with E-state index in [2.05, 4.69) is 6.92 Å². The number of hydrogen-bond acceptors (Lipinski definition) is 3. The number of hydrogen-bond donors (Lipinski definition) is 1. The number of carboxylic acid groups (broad SMARTS) is 1. The van der Waals surface area contributed by atoms with Gasteiger partial charge in [-0.25, -0.2) is 9.59 Å². The Bertz CT molecular complexity index is 299. The van der Waals surface area contributed by atoms with Gasteiger partial charge in [0, 0.05) is 31.1 Å². The summed E-state index contributed by atoms with van der Waals surface area (Å²) >= 11 is 1.60. The minimum atomic E-state index is -0.901. The van der Waals surface area contributed by atoms with E-state index >= 15 is 0 Å². The lowest BCUT2D eigenvalue weighted by Gasteiger charge is -2.36. The second-order valence-corrected chi connectivity index (χ2v) is 5.49. The molecule has 6 heteroatoms. The molecule has 0 saturated carbocycles. The third-order valence-corrected chi connectivity index (χ3v) is 4.12. The maximum absolute atomic E-state index is 12.3. The zero-order chi connectivity index (χ0) is 13.5. The Hall–Kier alpha value is -0.910. The van der Waals surface area contributed by atoms with Crippen LogP contribution in [0.1, 0.15) is 26.7 Å². The Labute approximate surface area is 113 Å². The van der Waals surface area contributed by atoms with E-state index in [0.717, 1.165) is 18.6 Å². The highest BCUT2D eigenvalue weighted by molar-refractivity contribution is 7.99. The highest BCUT2D eigenvalue weighted by Gasteiger charge is 2.34. The van der Waals surface area contributed by atoms with Gasteiger partial charge >= 0.3 is 12.0 Å². The van der Waals surface area contributed by atoms with Crippen LogP contribution in [0.25, 0.3) is 0 Å². The van der Waals surface area contributed by atoms with Crippen molar-refractivity contribution in [3.63, 3.8) is 0 Å². The number of carboxylic acids is 1. The van der Waals surface area contributed by atoms with Gasteiger partial charge in [-0.05, 0) is 13.3 Å². The normalized spacial score (nSPS) is 19.7. The molecule has 0 aromatic heterocycles. The Balaban J connectivity index is 2.68. The molecule has 0 spiro atoms. The second-order valence-electron chi connectivity index (χ2n) is 4.34. The molecular formula is C12H22N2O3S. The molecule has 0 aliphatic carbocycles. The quantitative estimate of drug-likeness (QED) is 0.829. The second kappa shape index (κ2) is 7.51. The maximum Gasteiger partial charge on any atom is 0.327 e. The van der Waals surface area contributed by atoms with Gasteiger partial charge in [-0.15, -0.1) is 0 Å². The molecule has 0 radical (unpaired) electrons. The highest BCUT2D eigenvalue weighted by Crippen LogP contribution is 2.18. The van der Waals surface area contributed by atoms with E-state index < -0.39 is 12.0 Å². The van der Waals surface area contributed by atoms with Gasteiger partial charge in [0.05, 0.1) is 0 Å². The molecule has 1 unspecified atom stereocenters. The summed E-state index contributed by atoms with van der Waals surface area (Å²) in [5.74, 6) is 0.412. The molecule has 5 nitrogen and oxygen atoms in total. The van der Waals surface area contributed by atoms with Gasteiger partial charge in [0.1, 0.15) is 6.04 Å². The van der Waals surface area contributed by atoms with Crippen molar-refractivity contribution < 1.29 is 14.7 Å². The molecule has 1 saturated heterocycles. The number of unbranched alkanes of at least 4 members (excludes halogenated alkanes) is 1. The van der Waals surface area contributed by atoms with Crippen LogP contribution in [-0.4, -0.2) is 64.1 Å². The molecule has 1 N–H and O–H groups in total. The fourth-order valence-electron chi connectivity index (χ4n) is 1.96. The van der Waals surface area contributed by atoms with Crippen molar-refractivity contribution in [1.82, 2.24) is 9.80 Å². The van der Waals surface area contributed by atoms with Crippen LogP contribution in [0.4, 0.5) is 4.79 Å². The summed E-state index contributed by atoms with van der Waals surface area (Å²) < 4.78 is 0. The minimum Gasteiger partial charge on any atom is -0.480 e. The number of aliphatic carboxylic acids is 1. The van der Waals surface area contributed by atoms with E-state index in [1.54, 1.807) is 16.7 Å². The van der Waals surface area contributed by atoms with Crippen LogP contribution in [-0.2, 0) is 4.79 Å². The predicted octanol–water partition coefficient (Wildman–Crippen LogP) is 1.73. The minimum absolute atomic E-state index is 0.126. The smallest absolute Gasteiger partial charge is 0.327 e. The fraction of sp³-hybridized carbons (Fsp3) is 0.833. The monoisotopic (exact) mass is 274 g/mol. The lowest BCUT2D eigenvalue weighted by molar-refractivity contribution is -0.141. The van der Waals surface area contributed by atoms with Crippen molar-refractivity contribution in [2.45, 2.75) is 32.7 Å². The summed E-state index contributed by atoms with van der Waals surface area (Å²) in [4.78, 5) is 26.8. The number of carbonyl (C=O) groups is 2. The number of carbonyl (C=O) groups excluding carboxylic acids is 1. The predicted molar refractivity (Wildman–Crippen MR) is 73.0 cm³/mol. The van der Waals surface area contributed by atoms with Crippen LogP contribution < -0.4 is 0 Å². The first-order valence-electron chi connectivity index (χ1n) is 6.47. The number of urea groups is 1. The fourth-order valence-corrected chi connectivity index (χ4v) is 3.00. The van der Waals surface area contributed by atoms with Gasteiger partial charge in [-0.3, -0.25) is 0 Å². The van der Waals surface area contributed by atoms with Crippen LogP contribution in [0.5, 0.6) is 0 Å². The van der Waals surface area contributed by atoms with Gasteiger partial charge in [-0.1, -0.05) is 13.3 Å². The molecule has 18 heavy (non-hydrogen) atoms. The van der Waals surface area contributed by atoms with Crippen molar-refractivity contribution >= 4 is 23.8 Å². The summed E-state index contributed by atoms with van der Waals surface area (Å²) in [5.41, 5.74) is 0. The number of amides is 2. The van der Waals surface area contributed by atoms with Crippen molar-refractivity contribution in [3.05, 3.63) is 0 Å². The van der Waals surface area contributed by atoms with Crippen LogP contribution >= 0.6 is 11.8 Å². The topological polar surface area (TPSA) is 60.9 Å². The number of rotatable bonds is 5. The summed E-state index contributed by atoms with van der Waals surface area (Å²) in [5, 5.41) is 9.16. The lowest BCUT2D eigenvalue weighted by atomic mass is 10.2. The zero-order valence-electron chi connectivity index (χ0n) is 11.1. The van der Waals surface area contributed by atoms with Crippen LogP contribution in [0, 0.1) is 0 Å². The molecule has 0 aromatic carbocycles. The Morgan fingerprint density at radius 2 is 2.17 bits per heavy atom. The highest BCUT2D eigenvalue weighted by atomic mass is 32.2. The van der Waals surface area contributed by atoms with Crippen LogP contribution in [0.15, 0.2) is 0 Å². The first-order chi connectivity index (χ1) is 8.61. The van der Waals surface area contributed by atoms with Gasteiger partial charge < -0.3 is 14.9 Å². The molecule has 1 heterocycles. The average molecular weight is 274 g/mol. The van der Waals surface area contributed by atoms with Crippen molar-refractivity contribution in [3.8, 4) is 0 Å². The number of nitrogens with zero attached hydrogens (tertiary/aromatic N) is 2. The average Bonchev–Trinajstić information content (AvgIpc) is 2.39. The summed E-state index contributed by atoms with van der Waals surface area (Å²) in [7, 11) is 0. The van der Waals surface area contributed by atoms with E-state index in [0.29, 0.717) is 25.4 Å². The number of thioether (sulfide) groups is 1. The van der Waals surface area contributed by atoms with Gasteiger partial charge in [0.15, 0.2) is 0 Å². The summed E-state index contributed by atoms with van der Waals surface area (Å²) in [6.07, 6.45) is 1.99. The van der Waals surface area contributed by atoms with Gasteiger partial charge in [0.2, 0.25) is 0 Å². The summed E-state index contributed by atoms with van der Waals surface area (Å²) in [6.45, 7) is 5.89. The zero-order valence-corrected chi connectivity index (χ0v) is 11.9. The van der Waals surface area contributed by atoms with Crippen LogP contribution in [0.3, 0.4) is 0 Å². The molecule has 1 aliphatic rings. The Morgan fingerprint density at radius 1 is 1.44 bits per heavy atom. The standard InChI is InChI=1S/C12H22N2O3S/c1-3-5-6-13(4-2)12(17)14-7-8-18-9-10(14)11(15)16/h10H,3-9H2,1-2H3,(H,15,16). The molecule has 0 bridgehead atoms. The third kappa shape index (κ3) is 3.80. The van der Waals surface area contributed by atoms with Gasteiger partial charge in [0.25, 0.3) is 0 Å². The third-order valence-electron chi connectivity index (χ3n) is 3.09. The van der Waals surface area contributed by atoms with E-state index in [4.69, 9.17) is 5.11 Å². The molecule has 1 atom stereocenters. The van der Waals surface area contributed by atoms with Gasteiger partial charge in [-0.2, -0.15) is 11.8 Å². The first kappa shape index (κ1) is 15.1. The van der Waals surface area contributed by atoms with E-state index in [1.165, 1.54) is 4.90 Å². The molecule has 104 valence electrons. The van der Waals surface area contributed by atoms with E-state index in [9.17, 15) is 9.59 Å². The molecule has 2 amide bonds. The van der Waals surface area contributed by atoms with Crippen molar-refractivity contribution in [2.75, 3.05) is 31.1 Å². The summed E-state index contributed by atoms with van der Waals surface area (Å²) in [6, 6.07) is -0.800. The molecular weight excluding hydrogens is 252 g/mol. The molecule has 0 aromatic rings. The first-order valence-corrected chi connectivity index (χ1v) is 7.63. The van der Waals surface area contributed by atoms with E-state index in [-0.39, 0.29) is 6.03 Å². The Kier molecular flexibility index (Phi) is 6.32. The molecule has 1 aliphatic heterocycles. The largest absolute Gasteiger partial charge is 0.480 e. The van der Waals surface area contributed by atoms with Crippen LogP contribution in [0.2, 0.25) is 0 Å². The van der Waals surface area contributed by atoms with E-state index in [1.807, 2.05) is 6.92 Å². The van der Waals surface area contributed by atoms with Crippen molar-refractivity contribution in [2.24, 2.45) is 0 Å².